The number of aliphatic hydroxyl groups excluding tert-OH is 1. The Bertz CT molecular complexity index is 224. The molecule has 0 aliphatic heterocycles. The maximum absolute atomic E-state index is 9.76. The van der Waals surface area contributed by atoms with E-state index in [1.165, 1.54) is 0 Å². The van der Waals surface area contributed by atoms with Gasteiger partial charge < -0.3 is 20.1 Å². The van der Waals surface area contributed by atoms with Crippen LogP contribution in [-0.2, 0) is 4.74 Å². The number of nitrogens with one attached hydrogen (secondary N) is 1. The molecule has 2 atom stereocenters. The van der Waals surface area contributed by atoms with Crippen LogP contribution in [-0.4, -0.2) is 63.1 Å². The average Bonchev–Trinajstić information content (AvgIpc) is 2.28. The molecule has 0 aromatic carbocycles. The van der Waals surface area contributed by atoms with Crippen molar-refractivity contribution in [3.05, 3.63) is 0 Å². The zero-order valence-electron chi connectivity index (χ0n) is 13.7. The van der Waals surface area contributed by atoms with Gasteiger partial charge in [-0.25, -0.2) is 0 Å². The van der Waals surface area contributed by atoms with E-state index in [0.717, 1.165) is 26.1 Å². The van der Waals surface area contributed by atoms with Crippen molar-refractivity contribution in [3.8, 4) is 0 Å². The third-order valence-corrected chi connectivity index (χ3v) is 3.49. The van der Waals surface area contributed by atoms with Crippen molar-refractivity contribution in [2.45, 2.75) is 40.2 Å². The van der Waals surface area contributed by atoms with Crippen molar-refractivity contribution in [3.63, 3.8) is 0 Å². The van der Waals surface area contributed by atoms with Gasteiger partial charge in [0.15, 0.2) is 0 Å². The topological polar surface area (TPSA) is 44.7 Å². The summed E-state index contributed by atoms with van der Waals surface area (Å²) in [6, 6.07) is 0. The smallest absolute Gasteiger partial charge is 0.0899 e. The van der Waals surface area contributed by atoms with Gasteiger partial charge in [0, 0.05) is 26.7 Å². The molecule has 4 nitrogen and oxygen atoms in total. The van der Waals surface area contributed by atoms with Gasteiger partial charge in [0.05, 0.1) is 12.7 Å². The van der Waals surface area contributed by atoms with Gasteiger partial charge in [0.2, 0.25) is 0 Å². The maximum Gasteiger partial charge on any atom is 0.0899 e. The van der Waals surface area contributed by atoms with Crippen molar-refractivity contribution >= 4 is 0 Å². The van der Waals surface area contributed by atoms with Gasteiger partial charge in [0.1, 0.15) is 0 Å². The Morgan fingerprint density at radius 1 is 1.37 bits per heavy atom. The first-order valence-corrected chi connectivity index (χ1v) is 7.39. The highest BCUT2D eigenvalue weighted by Crippen LogP contribution is 2.21. The fourth-order valence-corrected chi connectivity index (χ4v) is 2.28. The number of methoxy groups -OCH3 is 1. The molecule has 0 bridgehead atoms. The van der Waals surface area contributed by atoms with E-state index in [-0.39, 0.29) is 5.41 Å². The lowest BCUT2D eigenvalue weighted by Crippen LogP contribution is -2.44. The third kappa shape index (κ3) is 9.38. The molecule has 116 valence electrons. The van der Waals surface area contributed by atoms with Gasteiger partial charge in [-0.15, -0.1) is 0 Å². The minimum absolute atomic E-state index is 0.246. The van der Waals surface area contributed by atoms with Crippen LogP contribution >= 0.6 is 0 Å². The van der Waals surface area contributed by atoms with Crippen LogP contribution < -0.4 is 5.32 Å². The molecule has 0 amide bonds. The number of rotatable bonds is 11. The summed E-state index contributed by atoms with van der Waals surface area (Å²) < 4.78 is 4.96. The molecule has 0 radical (unpaired) electrons. The SMILES string of the molecule is CCC(C)(CNCC(C)C)CN(C)CC(O)COC. The van der Waals surface area contributed by atoms with E-state index in [0.29, 0.717) is 19.1 Å². The van der Waals surface area contributed by atoms with Crippen molar-refractivity contribution in [2.24, 2.45) is 11.3 Å². The molecule has 0 fully saturated rings. The second kappa shape index (κ2) is 9.70. The Hall–Kier alpha value is -0.160. The summed E-state index contributed by atoms with van der Waals surface area (Å²) in [6.45, 7) is 13.1. The van der Waals surface area contributed by atoms with E-state index in [4.69, 9.17) is 4.74 Å². The van der Waals surface area contributed by atoms with Crippen LogP contribution in [0, 0.1) is 11.3 Å². The Kier molecular flexibility index (Phi) is 9.62. The van der Waals surface area contributed by atoms with E-state index in [2.05, 4.69) is 45.0 Å². The van der Waals surface area contributed by atoms with Gasteiger partial charge in [-0.05, 0) is 31.3 Å². The van der Waals surface area contributed by atoms with Crippen LogP contribution in [0.4, 0.5) is 0 Å². The summed E-state index contributed by atoms with van der Waals surface area (Å²) in [7, 11) is 3.68. The number of ether oxygens (including phenoxy) is 1. The zero-order chi connectivity index (χ0) is 14.9. The second-order valence-electron chi connectivity index (χ2n) is 6.49. The van der Waals surface area contributed by atoms with E-state index in [1.807, 2.05) is 0 Å². The summed E-state index contributed by atoms with van der Waals surface area (Å²) in [6.07, 6.45) is 0.725. The predicted molar refractivity (Wildman–Crippen MR) is 81.5 cm³/mol. The molecular weight excluding hydrogens is 240 g/mol. The third-order valence-electron chi connectivity index (χ3n) is 3.49. The summed E-state index contributed by atoms with van der Waals surface area (Å²) in [4.78, 5) is 2.20. The molecule has 2 unspecified atom stereocenters. The van der Waals surface area contributed by atoms with Crippen molar-refractivity contribution in [2.75, 3.05) is 46.9 Å². The summed E-state index contributed by atoms with van der Waals surface area (Å²) >= 11 is 0. The van der Waals surface area contributed by atoms with Crippen molar-refractivity contribution in [1.82, 2.24) is 10.2 Å². The molecule has 0 saturated carbocycles. The highest BCUT2D eigenvalue weighted by Gasteiger charge is 2.24. The Balaban J connectivity index is 4.12. The molecule has 19 heavy (non-hydrogen) atoms. The molecule has 0 aromatic rings. The molecule has 0 aromatic heterocycles. The molecule has 0 heterocycles. The lowest BCUT2D eigenvalue weighted by Gasteiger charge is -2.34. The van der Waals surface area contributed by atoms with Gasteiger partial charge in [-0.3, -0.25) is 0 Å². The first-order valence-electron chi connectivity index (χ1n) is 7.39. The van der Waals surface area contributed by atoms with Crippen molar-refractivity contribution in [1.29, 1.82) is 0 Å². The minimum atomic E-state index is -0.403. The van der Waals surface area contributed by atoms with Crippen molar-refractivity contribution < 1.29 is 9.84 Å². The monoisotopic (exact) mass is 274 g/mol. The quantitative estimate of drug-likeness (QED) is 0.600. The number of hydrogen-bond acceptors (Lipinski definition) is 4. The Morgan fingerprint density at radius 2 is 2.00 bits per heavy atom. The normalized spacial score (nSPS) is 16.9. The number of aliphatic hydroxyl groups is 1. The van der Waals surface area contributed by atoms with Crippen LogP contribution in [0.1, 0.15) is 34.1 Å². The number of hydrogen-bond donors (Lipinski definition) is 2. The van der Waals surface area contributed by atoms with Gasteiger partial charge in [-0.2, -0.15) is 0 Å². The standard InChI is InChI=1S/C15H34N2O2/c1-7-15(4,11-16-8-13(2)3)12-17(5)9-14(18)10-19-6/h13-14,16,18H,7-12H2,1-6H3. The maximum atomic E-state index is 9.76. The van der Waals surface area contributed by atoms with Crippen LogP contribution in [0.2, 0.25) is 0 Å². The van der Waals surface area contributed by atoms with Crippen LogP contribution in [0.15, 0.2) is 0 Å². The zero-order valence-corrected chi connectivity index (χ0v) is 13.7. The lowest BCUT2D eigenvalue weighted by atomic mass is 9.86. The first kappa shape index (κ1) is 18.8. The molecule has 4 heteroatoms. The van der Waals surface area contributed by atoms with E-state index < -0.39 is 6.10 Å². The molecular formula is C15H34N2O2. The highest BCUT2D eigenvalue weighted by molar-refractivity contribution is 4.79. The fourth-order valence-electron chi connectivity index (χ4n) is 2.28. The van der Waals surface area contributed by atoms with Gasteiger partial charge >= 0.3 is 0 Å². The molecule has 0 spiro atoms. The van der Waals surface area contributed by atoms with E-state index in [9.17, 15) is 5.11 Å². The van der Waals surface area contributed by atoms with Crippen LogP contribution in [0.5, 0.6) is 0 Å². The molecule has 0 saturated heterocycles. The minimum Gasteiger partial charge on any atom is -0.389 e. The van der Waals surface area contributed by atoms with Gasteiger partial charge in [0.25, 0.3) is 0 Å². The molecule has 0 rings (SSSR count). The number of likely N-dealkylation sites (N-methyl/N-ethyl adjacent to an activating group) is 1. The second-order valence-corrected chi connectivity index (χ2v) is 6.49. The first-order chi connectivity index (χ1) is 8.83. The molecule has 0 aliphatic rings. The predicted octanol–water partition coefficient (Wildman–Crippen LogP) is 1.59. The van der Waals surface area contributed by atoms with E-state index >= 15 is 0 Å². The van der Waals surface area contributed by atoms with Crippen LogP contribution in [0.25, 0.3) is 0 Å². The summed E-state index contributed by atoms with van der Waals surface area (Å²) in [5.41, 5.74) is 0.246. The summed E-state index contributed by atoms with van der Waals surface area (Å²) in [5.74, 6) is 0.683. The average molecular weight is 274 g/mol. The fraction of sp³-hybridized carbons (Fsp3) is 1.00. The summed E-state index contributed by atoms with van der Waals surface area (Å²) in [5, 5.41) is 13.3. The van der Waals surface area contributed by atoms with Crippen LogP contribution in [0.3, 0.4) is 0 Å². The lowest BCUT2D eigenvalue weighted by molar-refractivity contribution is 0.0342. The number of nitrogens with zero attached hydrogens (tertiary/aromatic N) is 1. The highest BCUT2D eigenvalue weighted by atomic mass is 16.5. The Labute approximate surface area is 119 Å². The molecule has 2 N–H and O–H groups in total. The van der Waals surface area contributed by atoms with Gasteiger partial charge in [-0.1, -0.05) is 27.7 Å². The Morgan fingerprint density at radius 3 is 2.47 bits per heavy atom. The largest absolute Gasteiger partial charge is 0.389 e. The molecule has 0 aliphatic carbocycles. The van der Waals surface area contributed by atoms with E-state index in [1.54, 1.807) is 7.11 Å².